The summed E-state index contributed by atoms with van der Waals surface area (Å²) in [5.74, 6) is -0.0835. The van der Waals surface area contributed by atoms with Gasteiger partial charge in [0.25, 0.3) is 5.91 Å². The lowest BCUT2D eigenvalue weighted by molar-refractivity contribution is -0.127. The van der Waals surface area contributed by atoms with E-state index in [0.29, 0.717) is 22.5 Å². The second kappa shape index (κ2) is 8.58. The van der Waals surface area contributed by atoms with Crippen molar-refractivity contribution in [3.8, 4) is 11.3 Å². The first-order chi connectivity index (χ1) is 14.6. The van der Waals surface area contributed by atoms with Crippen LogP contribution in [-0.4, -0.2) is 45.8 Å². The molecular weight excluding hydrogens is 402 g/mol. The van der Waals surface area contributed by atoms with Crippen LogP contribution in [0.3, 0.4) is 0 Å². The maximum atomic E-state index is 13.0. The van der Waals surface area contributed by atoms with Crippen molar-refractivity contribution in [2.24, 2.45) is 0 Å². The van der Waals surface area contributed by atoms with Crippen LogP contribution in [-0.2, 0) is 9.53 Å². The Morgan fingerprint density at radius 1 is 1.16 bits per heavy atom. The van der Waals surface area contributed by atoms with Gasteiger partial charge < -0.3 is 14.5 Å². The Morgan fingerprint density at radius 2 is 1.87 bits per heavy atom. The number of rotatable bonds is 5. The third-order valence-electron chi connectivity index (χ3n) is 4.71. The van der Waals surface area contributed by atoms with Gasteiger partial charge in [0.2, 0.25) is 0 Å². The smallest absolute Gasteiger partial charge is 0.339 e. The fourth-order valence-electron chi connectivity index (χ4n) is 3.14. The van der Waals surface area contributed by atoms with Crippen molar-refractivity contribution >= 4 is 28.9 Å². The maximum Gasteiger partial charge on any atom is 0.339 e. The summed E-state index contributed by atoms with van der Waals surface area (Å²) in [7, 11) is 1.38. The zero-order valence-corrected chi connectivity index (χ0v) is 18.3. The summed E-state index contributed by atoms with van der Waals surface area (Å²) in [6.07, 6.45) is 0.361. The summed E-state index contributed by atoms with van der Waals surface area (Å²) < 4.78 is 12.7. The van der Waals surface area contributed by atoms with E-state index in [-0.39, 0.29) is 11.6 Å². The van der Waals surface area contributed by atoms with Gasteiger partial charge in [0.1, 0.15) is 11.5 Å². The molecule has 0 saturated heterocycles. The Bertz CT molecular complexity index is 1160. The molecular formula is C21H25N5O5. The first kappa shape index (κ1) is 22.0. The summed E-state index contributed by atoms with van der Waals surface area (Å²) in [5, 5.41) is 9.20. The van der Waals surface area contributed by atoms with Gasteiger partial charge in [0.05, 0.1) is 22.8 Å². The quantitative estimate of drug-likeness (QED) is 0.599. The van der Waals surface area contributed by atoms with E-state index in [1.807, 2.05) is 33.8 Å². The molecule has 10 heteroatoms. The first-order valence-electron chi connectivity index (χ1n) is 9.81. The van der Waals surface area contributed by atoms with Crippen LogP contribution < -0.4 is 10.6 Å². The second-order valence-electron chi connectivity index (χ2n) is 7.42. The van der Waals surface area contributed by atoms with Gasteiger partial charge in [-0.05, 0) is 46.8 Å². The van der Waals surface area contributed by atoms with Gasteiger partial charge in [-0.15, -0.1) is 0 Å². The molecule has 0 fully saturated rings. The van der Waals surface area contributed by atoms with Gasteiger partial charge in [0.15, 0.2) is 11.8 Å². The molecule has 2 N–H and O–H groups in total. The number of pyridine rings is 1. The standard InChI is InChI=1S/C21H25N5O5/c1-10(2)26-18-16(9-23-26)15(8-17(24-18)14-7-11(3)30-12(14)4)20(28)31-13(5)19(27)25-21(29)22-6/h7-10,13H,1-6H3,(H2,22,25,27,29). The maximum absolute atomic E-state index is 13.0. The fraction of sp³-hybridized carbons (Fsp3) is 0.381. The molecule has 0 spiro atoms. The molecule has 0 saturated carbocycles. The number of hydrogen-bond donors (Lipinski definition) is 2. The van der Waals surface area contributed by atoms with Gasteiger partial charge in [-0.3, -0.25) is 10.1 Å². The Morgan fingerprint density at radius 3 is 2.45 bits per heavy atom. The minimum absolute atomic E-state index is 0.00793. The van der Waals surface area contributed by atoms with Crippen molar-refractivity contribution < 1.29 is 23.5 Å². The lowest BCUT2D eigenvalue weighted by atomic mass is 10.1. The van der Waals surface area contributed by atoms with E-state index < -0.39 is 24.0 Å². The highest BCUT2D eigenvalue weighted by molar-refractivity contribution is 6.05. The van der Waals surface area contributed by atoms with Gasteiger partial charge in [-0.25, -0.2) is 19.3 Å². The number of imide groups is 1. The number of urea groups is 1. The van der Waals surface area contributed by atoms with Crippen LogP contribution in [0.1, 0.15) is 48.7 Å². The third kappa shape index (κ3) is 4.42. The lowest BCUT2D eigenvalue weighted by Crippen LogP contribution is -2.43. The summed E-state index contributed by atoms with van der Waals surface area (Å²) in [6, 6.07) is 2.75. The van der Waals surface area contributed by atoms with Crippen LogP contribution in [0.25, 0.3) is 22.3 Å². The number of carbonyl (C=O) groups is 3. The number of carbonyl (C=O) groups excluding carboxylic acids is 3. The van der Waals surface area contributed by atoms with Crippen molar-refractivity contribution in [3.05, 3.63) is 35.4 Å². The van der Waals surface area contributed by atoms with E-state index in [1.54, 1.807) is 16.9 Å². The number of hydrogen-bond acceptors (Lipinski definition) is 7. The molecule has 3 heterocycles. The number of aromatic nitrogens is 3. The highest BCUT2D eigenvalue weighted by atomic mass is 16.5. The third-order valence-corrected chi connectivity index (χ3v) is 4.71. The number of ether oxygens (including phenoxy) is 1. The fourth-order valence-corrected chi connectivity index (χ4v) is 3.14. The highest BCUT2D eigenvalue weighted by Crippen LogP contribution is 2.30. The molecule has 0 aromatic carbocycles. The zero-order chi connectivity index (χ0) is 22.9. The molecule has 3 amide bonds. The predicted octanol–water partition coefficient (Wildman–Crippen LogP) is 2.89. The second-order valence-corrected chi connectivity index (χ2v) is 7.42. The molecule has 31 heavy (non-hydrogen) atoms. The predicted molar refractivity (Wildman–Crippen MR) is 113 cm³/mol. The monoisotopic (exact) mass is 427 g/mol. The number of nitrogens with one attached hydrogen (secondary N) is 2. The molecule has 1 unspecified atom stereocenters. The molecule has 0 aliphatic carbocycles. The normalized spacial score (nSPS) is 12.1. The average molecular weight is 427 g/mol. The lowest BCUT2D eigenvalue weighted by Gasteiger charge is -2.14. The Hall–Kier alpha value is -3.69. The van der Waals surface area contributed by atoms with Crippen LogP contribution in [0.15, 0.2) is 22.7 Å². The highest BCUT2D eigenvalue weighted by Gasteiger charge is 2.25. The van der Waals surface area contributed by atoms with Gasteiger partial charge >= 0.3 is 12.0 Å². The van der Waals surface area contributed by atoms with Crippen molar-refractivity contribution in [2.75, 3.05) is 7.05 Å². The van der Waals surface area contributed by atoms with Crippen LogP contribution in [0.4, 0.5) is 4.79 Å². The molecule has 0 bridgehead atoms. The number of esters is 1. The minimum atomic E-state index is -1.19. The van der Waals surface area contributed by atoms with E-state index in [2.05, 4.69) is 15.7 Å². The van der Waals surface area contributed by atoms with Gasteiger partial charge in [-0.1, -0.05) is 0 Å². The summed E-state index contributed by atoms with van der Waals surface area (Å²) in [6.45, 7) is 8.94. The van der Waals surface area contributed by atoms with Crippen molar-refractivity contribution in [1.82, 2.24) is 25.4 Å². The Balaban J connectivity index is 2.04. The number of furan rings is 1. The Kier molecular flexibility index (Phi) is 6.09. The average Bonchev–Trinajstić information content (AvgIpc) is 3.29. The molecule has 0 aliphatic heterocycles. The van der Waals surface area contributed by atoms with Crippen LogP contribution in [0, 0.1) is 13.8 Å². The van der Waals surface area contributed by atoms with Crippen LogP contribution in [0.2, 0.25) is 0 Å². The van der Waals surface area contributed by atoms with Gasteiger partial charge in [0, 0.05) is 18.7 Å². The number of amides is 3. The van der Waals surface area contributed by atoms with Crippen molar-refractivity contribution in [2.45, 2.75) is 46.8 Å². The first-order valence-corrected chi connectivity index (χ1v) is 9.81. The molecule has 3 rings (SSSR count). The SMILES string of the molecule is CNC(=O)NC(=O)C(C)OC(=O)c1cc(-c2cc(C)oc2C)nc2c1cnn2C(C)C. The number of fused-ring (bicyclic) bond motifs is 1. The Labute approximate surface area is 179 Å². The molecule has 0 radical (unpaired) electrons. The van der Waals surface area contributed by atoms with Crippen molar-refractivity contribution in [1.29, 1.82) is 0 Å². The van der Waals surface area contributed by atoms with E-state index in [4.69, 9.17) is 14.1 Å². The summed E-state index contributed by atoms with van der Waals surface area (Å²) in [4.78, 5) is 41.1. The van der Waals surface area contributed by atoms with E-state index in [1.165, 1.54) is 14.0 Å². The summed E-state index contributed by atoms with van der Waals surface area (Å²) >= 11 is 0. The van der Waals surface area contributed by atoms with Gasteiger partial charge in [-0.2, -0.15) is 5.10 Å². The molecule has 3 aromatic heterocycles. The molecule has 1 atom stereocenters. The molecule has 3 aromatic rings. The van der Waals surface area contributed by atoms with E-state index >= 15 is 0 Å². The van der Waals surface area contributed by atoms with Crippen molar-refractivity contribution in [3.63, 3.8) is 0 Å². The minimum Gasteiger partial charge on any atom is -0.466 e. The largest absolute Gasteiger partial charge is 0.466 e. The van der Waals surface area contributed by atoms with Crippen LogP contribution >= 0.6 is 0 Å². The molecule has 164 valence electrons. The van der Waals surface area contributed by atoms with Crippen LogP contribution in [0.5, 0.6) is 0 Å². The summed E-state index contributed by atoms with van der Waals surface area (Å²) in [5.41, 5.74) is 2.00. The zero-order valence-electron chi connectivity index (χ0n) is 18.3. The molecule has 10 nitrogen and oxygen atoms in total. The van der Waals surface area contributed by atoms with E-state index in [9.17, 15) is 14.4 Å². The number of aryl methyl sites for hydroxylation is 2. The molecule has 0 aliphatic rings. The number of nitrogens with zero attached hydrogens (tertiary/aromatic N) is 3. The topological polar surface area (TPSA) is 128 Å². The van der Waals surface area contributed by atoms with E-state index in [0.717, 1.165) is 11.3 Å².